The molecule has 0 saturated heterocycles. The molecule has 2 heterocycles. The Hall–Kier alpha value is -1.62. The molecule has 5 heteroatoms. The van der Waals surface area contributed by atoms with Gasteiger partial charge >= 0.3 is 0 Å². The summed E-state index contributed by atoms with van der Waals surface area (Å²) >= 11 is 3.51. The summed E-state index contributed by atoms with van der Waals surface area (Å²) in [6, 6.07) is 6.04. The van der Waals surface area contributed by atoms with E-state index in [4.69, 9.17) is 0 Å². The van der Waals surface area contributed by atoms with Gasteiger partial charge < -0.3 is 9.13 Å². The predicted octanol–water partition coefficient (Wildman–Crippen LogP) is 3.45. The number of pyridine rings is 1. The third-order valence-electron chi connectivity index (χ3n) is 3.62. The van der Waals surface area contributed by atoms with Gasteiger partial charge in [-0.15, -0.1) is 0 Å². The van der Waals surface area contributed by atoms with Gasteiger partial charge in [-0.1, -0.05) is 29.3 Å². The zero-order chi connectivity index (χ0) is 14.3. The summed E-state index contributed by atoms with van der Waals surface area (Å²) in [7, 11) is 1.92. The van der Waals surface area contributed by atoms with E-state index in [-0.39, 0.29) is 5.56 Å². The first-order valence-corrected chi connectivity index (χ1v) is 7.56. The lowest BCUT2D eigenvalue weighted by atomic mass is 10.1. The molecule has 3 aromatic rings. The van der Waals surface area contributed by atoms with Gasteiger partial charge in [-0.05, 0) is 24.6 Å². The van der Waals surface area contributed by atoms with E-state index < -0.39 is 0 Å². The molecule has 2 aromatic heterocycles. The highest BCUT2D eigenvalue weighted by Crippen LogP contribution is 2.25. The molecule has 0 unspecified atom stereocenters. The molecule has 0 aliphatic carbocycles. The number of imidazole rings is 1. The Kier molecular flexibility index (Phi) is 3.38. The number of hydrogen-bond acceptors (Lipinski definition) is 2. The van der Waals surface area contributed by atoms with Crippen LogP contribution in [0.2, 0.25) is 0 Å². The minimum atomic E-state index is 0.00359. The smallest absolute Gasteiger partial charge is 0.279 e. The fourth-order valence-corrected chi connectivity index (χ4v) is 2.97. The number of aryl methyl sites for hydroxylation is 2. The minimum Gasteiger partial charge on any atom is -0.333 e. The van der Waals surface area contributed by atoms with Gasteiger partial charge in [0.05, 0.1) is 17.4 Å². The standard InChI is InChI=1S/C15H16BrN3O/c1-3-4-7-19-12-6-5-10(16)8-11(12)14-13(15(19)20)17-9-18(14)2/h5-6,8-9H,3-4,7H2,1-2H3. The summed E-state index contributed by atoms with van der Waals surface area (Å²) < 4.78 is 4.77. The Morgan fingerprint density at radius 3 is 2.90 bits per heavy atom. The van der Waals surface area contributed by atoms with Crippen molar-refractivity contribution in [2.75, 3.05) is 0 Å². The molecule has 0 atom stereocenters. The molecule has 0 radical (unpaired) electrons. The van der Waals surface area contributed by atoms with Crippen LogP contribution in [-0.2, 0) is 13.6 Å². The molecule has 104 valence electrons. The number of rotatable bonds is 3. The highest BCUT2D eigenvalue weighted by Gasteiger charge is 2.14. The number of benzene rings is 1. The SMILES string of the molecule is CCCCn1c(=O)c2ncn(C)c2c2cc(Br)ccc21. The van der Waals surface area contributed by atoms with E-state index in [2.05, 4.69) is 33.9 Å². The Balaban J connectivity index is 2.47. The van der Waals surface area contributed by atoms with Crippen LogP contribution in [0.3, 0.4) is 0 Å². The topological polar surface area (TPSA) is 39.8 Å². The molecule has 0 N–H and O–H groups in total. The van der Waals surface area contributed by atoms with Crippen LogP contribution in [0.15, 0.2) is 33.8 Å². The largest absolute Gasteiger partial charge is 0.333 e. The molecule has 0 aliphatic rings. The second-order valence-corrected chi connectivity index (χ2v) is 5.94. The Labute approximate surface area is 125 Å². The van der Waals surface area contributed by atoms with Crippen molar-refractivity contribution in [2.24, 2.45) is 7.05 Å². The molecule has 1 aromatic carbocycles. The van der Waals surface area contributed by atoms with E-state index in [1.807, 2.05) is 28.3 Å². The van der Waals surface area contributed by atoms with Gasteiger partial charge in [-0.2, -0.15) is 0 Å². The van der Waals surface area contributed by atoms with Crippen LogP contribution >= 0.6 is 15.9 Å². The highest BCUT2D eigenvalue weighted by molar-refractivity contribution is 9.10. The third-order valence-corrected chi connectivity index (χ3v) is 4.12. The number of halogens is 1. The monoisotopic (exact) mass is 333 g/mol. The van der Waals surface area contributed by atoms with Gasteiger partial charge in [0.2, 0.25) is 0 Å². The second kappa shape index (κ2) is 5.05. The summed E-state index contributed by atoms with van der Waals surface area (Å²) in [6.45, 7) is 2.86. The van der Waals surface area contributed by atoms with Crippen molar-refractivity contribution in [3.63, 3.8) is 0 Å². The van der Waals surface area contributed by atoms with Gasteiger partial charge in [-0.3, -0.25) is 4.79 Å². The number of aromatic nitrogens is 3. The zero-order valence-electron chi connectivity index (χ0n) is 11.6. The normalized spacial score (nSPS) is 11.6. The van der Waals surface area contributed by atoms with E-state index in [0.29, 0.717) is 5.52 Å². The third kappa shape index (κ3) is 1.97. The lowest BCUT2D eigenvalue weighted by molar-refractivity contribution is 0.634. The maximum Gasteiger partial charge on any atom is 0.279 e. The molecule has 4 nitrogen and oxygen atoms in total. The Morgan fingerprint density at radius 2 is 2.15 bits per heavy atom. The van der Waals surface area contributed by atoms with E-state index in [1.165, 1.54) is 0 Å². The average molecular weight is 334 g/mol. The van der Waals surface area contributed by atoms with Crippen molar-refractivity contribution in [1.82, 2.24) is 14.1 Å². The molecule has 20 heavy (non-hydrogen) atoms. The number of hydrogen-bond donors (Lipinski definition) is 0. The predicted molar refractivity (Wildman–Crippen MR) is 85.1 cm³/mol. The zero-order valence-corrected chi connectivity index (χ0v) is 13.1. The van der Waals surface area contributed by atoms with Crippen LogP contribution < -0.4 is 5.56 Å². The molecule has 0 amide bonds. The van der Waals surface area contributed by atoms with Gasteiger partial charge in [0.15, 0.2) is 5.52 Å². The Bertz CT molecular complexity index is 848. The van der Waals surface area contributed by atoms with Crippen LogP contribution in [0.1, 0.15) is 19.8 Å². The van der Waals surface area contributed by atoms with E-state index in [9.17, 15) is 4.79 Å². The lowest BCUT2D eigenvalue weighted by Crippen LogP contribution is -2.21. The summed E-state index contributed by atoms with van der Waals surface area (Å²) in [5, 5.41) is 1.06. The van der Waals surface area contributed by atoms with Crippen LogP contribution in [0, 0.1) is 0 Å². The fourth-order valence-electron chi connectivity index (χ4n) is 2.61. The molecule has 3 rings (SSSR count). The maximum atomic E-state index is 12.6. The average Bonchev–Trinajstić information content (AvgIpc) is 2.82. The molecule has 0 bridgehead atoms. The maximum absolute atomic E-state index is 12.6. The summed E-state index contributed by atoms with van der Waals surface area (Å²) in [4.78, 5) is 16.9. The summed E-state index contributed by atoms with van der Waals surface area (Å²) in [6.07, 6.45) is 3.75. The number of unbranched alkanes of at least 4 members (excludes halogenated alkanes) is 1. The number of nitrogens with zero attached hydrogens (tertiary/aromatic N) is 3. The first-order valence-electron chi connectivity index (χ1n) is 6.76. The van der Waals surface area contributed by atoms with Crippen LogP contribution in [0.4, 0.5) is 0 Å². The quantitative estimate of drug-likeness (QED) is 0.736. The molecule has 0 spiro atoms. The van der Waals surface area contributed by atoms with Crippen molar-refractivity contribution in [2.45, 2.75) is 26.3 Å². The minimum absolute atomic E-state index is 0.00359. The molecular formula is C15H16BrN3O. The van der Waals surface area contributed by atoms with Crippen molar-refractivity contribution in [1.29, 1.82) is 0 Å². The van der Waals surface area contributed by atoms with Crippen molar-refractivity contribution < 1.29 is 0 Å². The van der Waals surface area contributed by atoms with Crippen molar-refractivity contribution >= 4 is 37.9 Å². The van der Waals surface area contributed by atoms with Crippen LogP contribution in [-0.4, -0.2) is 14.1 Å². The lowest BCUT2D eigenvalue weighted by Gasteiger charge is -2.11. The highest BCUT2D eigenvalue weighted by atomic mass is 79.9. The summed E-state index contributed by atoms with van der Waals surface area (Å²) in [5.74, 6) is 0. The molecular weight excluding hydrogens is 318 g/mol. The first-order chi connectivity index (χ1) is 9.63. The van der Waals surface area contributed by atoms with Gasteiger partial charge in [0.1, 0.15) is 0 Å². The van der Waals surface area contributed by atoms with E-state index in [0.717, 1.165) is 40.3 Å². The Morgan fingerprint density at radius 1 is 1.35 bits per heavy atom. The summed E-state index contributed by atoms with van der Waals surface area (Å²) in [5.41, 5.74) is 2.43. The second-order valence-electron chi connectivity index (χ2n) is 5.02. The van der Waals surface area contributed by atoms with Gasteiger partial charge in [0.25, 0.3) is 5.56 Å². The fraction of sp³-hybridized carbons (Fsp3) is 0.333. The van der Waals surface area contributed by atoms with Gasteiger partial charge in [0, 0.05) is 23.5 Å². The molecule has 0 saturated carbocycles. The van der Waals surface area contributed by atoms with Crippen molar-refractivity contribution in [3.8, 4) is 0 Å². The number of fused-ring (bicyclic) bond motifs is 3. The molecule has 0 aliphatic heterocycles. The van der Waals surface area contributed by atoms with Gasteiger partial charge in [-0.25, -0.2) is 4.98 Å². The van der Waals surface area contributed by atoms with E-state index >= 15 is 0 Å². The van der Waals surface area contributed by atoms with Crippen LogP contribution in [0.5, 0.6) is 0 Å². The van der Waals surface area contributed by atoms with Crippen molar-refractivity contribution in [3.05, 3.63) is 39.4 Å². The van der Waals surface area contributed by atoms with Crippen LogP contribution in [0.25, 0.3) is 21.9 Å². The first kappa shape index (κ1) is 13.4. The molecule has 0 fully saturated rings. The van der Waals surface area contributed by atoms with E-state index in [1.54, 1.807) is 6.33 Å².